The van der Waals surface area contributed by atoms with Crippen molar-refractivity contribution in [3.63, 3.8) is 0 Å². The maximum Gasteiger partial charge on any atom is 0.249 e. The summed E-state index contributed by atoms with van der Waals surface area (Å²) in [4.78, 5) is 48.4. The van der Waals surface area contributed by atoms with Gasteiger partial charge in [0.05, 0.1) is 0 Å². The van der Waals surface area contributed by atoms with Gasteiger partial charge >= 0.3 is 0 Å². The first-order valence-corrected chi connectivity index (χ1v) is 15.5. The number of fused-ring (bicyclic) bond motifs is 4. The van der Waals surface area contributed by atoms with Gasteiger partial charge in [0, 0.05) is 41.2 Å². The number of aldehydes is 1. The summed E-state index contributed by atoms with van der Waals surface area (Å²) < 4.78 is 13.2. The van der Waals surface area contributed by atoms with E-state index in [4.69, 9.17) is 9.15 Å². The highest BCUT2D eigenvalue weighted by molar-refractivity contribution is 5.90. The standard InChI is InChI=1S/C35H35N5O6/c1-17(2)27-33-38-25(16-41)30(46-33)35-22-7-5-6-21(20-10-12-36-13-11-20)28(22)40-34(35)45-26-9-8-19(14-23(26)35)15-24(31(43)39-27)37-32(44)29(42)18(3)4/h5-14,16-18,24,27,29,34,40,42H,15H2,1-4H3,(H,37,44)(H,39,43)/t24-,27-,29-,34?,35?/m0/s1. The third-order valence-electron chi connectivity index (χ3n) is 9.21. The van der Waals surface area contributed by atoms with Gasteiger partial charge in [-0.05, 0) is 41.2 Å². The van der Waals surface area contributed by atoms with Crippen molar-refractivity contribution in [3.05, 3.63) is 95.0 Å². The lowest BCUT2D eigenvalue weighted by atomic mass is 9.72. The number of ether oxygens (including phenoxy) is 1. The average Bonchev–Trinajstić information content (AvgIpc) is 3.71. The molecule has 0 fully saturated rings. The summed E-state index contributed by atoms with van der Waals surface area (Å²) in [6.07, 6.45) is 2.33. The summed E-state index contributed by atoms with van der Waals surface area (Å²) in [5.74, 6) is -0.547. The molecule has 46 heavy (non-hydrogen) atoms. The molecular formula is C35H35N5O6. The molecule has 4 N–H and O–H groups in total. The number of aliphatic hydroxyl groups excluding tert-OH is 1. The molecule has 0 saturated heterocycles. The molecule has 2 aromatic heterocycles. The molecule has 2 amide bonds. The van der Waals surface area contributed by atoms with Crippen molar-refractivity contribution < 1.29 is 28.6 Å². The van der Waals surface area contributed by atoms with E-state index in [-0.39, 0.29) is 29.8 Å². The molecule has 5 atom stereocenters. The van der Waals surface area contributed by atoms with Crippen LogP contribution in [0.5, 0.6) is 5.75 Å². The van der Waals surface area contributed by atoms with E-state index in [1.54, 1.807) is 26.2 Å². The van der Waals surface area contributed by atoms with E-state index in [2.05, 4.69) is 25.9 Å². The van der Waals surface area contributed by atoms with Crippen molar-refractivity contribution in [2.45, 2.75) is 63.9 Å². The van der Waals surface area contributed by atoms with Crippen LogP contribution in [0.2, 0.25) is 0 Å². The predicted octanol–water partition coefficient (Wildman–Crippen LogP) is 3.90. The molecule has 2 unspecified atom stereocenters. The van der Waals surface area contributed by atoms with Gasteiger partial charge in [0.2, 0.25) is 17.7 Å². The molecule has 7 rings (SSSR count). The predicted molar refractivity (Wildman–Crippen MR) is 168 cm³/mol. The minimum absolute atomic E-state index is 0.106. The fourth-order valence-electron chi connectivity index (χ4n) is 6.82. The molecule has 0 aliphatic carbocycles. The third kappa shape index (κ3) is 4.48. The van der Waals surface area contributed by atoms with Crippen LogP contribution in [0, 0.1) is 11.8 Å². The van der Waals surface area contributed by atoms with Gasteiger partial charge in [0.25, 0.3) is 0 Å². The Hall–Kier alpha value is -5.03. The minimum atomic E-state index is -1.28. The quantitative estimate of drug-likeness (QED) is 0.235. The Bertz CT molecular complexity index is 1850. The number of rotatable bonds is 6. The molecule has 1 spiro atoms. The van der Waals surface area contributed by atoms with Crippen molar-refractivity contribution in [1.29, 1.82) is 0 Å². The number of anilines is 1. The minimum Gasteiger partial charge on any atom is -0.469 e. The number of carbonyl (C=O) groups excluding carboxylic acids is 3. The molecule has 4 bridgehead atoms. The maximum absolute atomic E-state index is 13.8. The number of oxazole rings is 1. The van der Waals surface area contributed by atoms with Crippen LogP contribution in [0.4, 0.5) is 5.69 Å². The molecule has 2 aromatic carbocycles. The lowest BCUT2D eigenvalue weighted by Crippen LogP contribution is -2.52. The van der Waals surface area contributed by atoms with Crippen molar-refractivity contribution in [2.24, 2.45) is 11.8 Å². The summed E-state index contributed by atoms with van der Waals surface area (Å²) in [5.41, 5.74) is 4.05. The number of amides is 2. The smallest absolute Gasteiger partial charge is 0.249 e. The highest BCUT2D eigenvalue weighted by Gasteiger charge is 2.61. The summed E-state index contributed by atoms with van der Waals surface area (Å²) in [6, 6.07) is 13.7. The number of nitrogens with one attached hydrogen (secondary N) is 3. The average molecular weight is 622 g/mol. The zero-order chi connectivity index (χ0) is 32.3. The van der Waals surface area contributed by atoms with Gasteiger partial charge in [0.1, 0.15) is 35.0 Å². The van der Waals surface area contributed by atoms with E-state index in [0.29, 0.717) is 17.8 Å². The molecule has 236 valence electrons. The Kier molecular flexibility index (Phi) is 7.16. The first kappa shape index (κ1) is 29.7. The molecule has 0 radical (unpaired) electrons. The largest absolute Gasteiger partial charge is 0.469 e. The second-order valence-corrected chi connectivity index (χ2v) is 12.8. The molecule has 0 saturated carbocycles. The van der Waals surface area contributed by atoms with E-state index >= 15 is 0 Å². The number of hydrogen-bond donors (Lipinski definition) is 4. The van der Waals surface area contributed by atoms with E-state index < -0.39 is 41.6 Å². The van der Waals surface area contributed by atoms with Gasteiger partial charge in [-0.1, -0.05) is 58.0 Å². The summed E-state index contributed by atoms with van der Waals surface area (Å²) in [6.45, 7) is 7.28. The van der Waals surface area contributed by atoms with E-state index in [1.807, 2.05) is 62.4 Å². The number of pyridine rings is 1. The second kappa shape index (κ2) is 11.1. The van der Waals surface area contributed by atoms with Gasteiger partial charge in [-0.3, -0.25) is 19.4 Å². The van der Waals surface area contributed by atoms with Gasteiger partial charge in [-0.2, -0.15) is 0 Å². The highest BCUT2D eigenvalue weighted by Crippen LogP contribution is 2.59. The van der Waals surface area contributed by atoms with Gasteiger partial charge < -0.3 is 30.2 Å². The van der Waals surface area contributed by atoms with Crippen molar-refractivity contribution in [2.75, 3.05) is 5.32 Å². The lowest BCUT2D eigenvalue weighted by molar-refractivity contribution is -0.135. The topological polar surface area (TPSA) is 156 Å². The molecule has 3 aliphatic rings. The number of aliphatic hydroxyl groups is 1. The first-order chi connectivity index (χ1) is 22.1. The number of benzene rings is 2. The number of para-hydroxylation sites is 1. The summed E-state index contributed by atoms with van der Waals surface area (Å²) in [7, 11) is 0. The Morgan fingerprint density at radius 2 is 1.87 bits per heavy atom. The molecule has 4 aromatic rings. The van der Waals surface area contributed by atoms with E-state index in [1.165, 1.54) is 0 Å². The lowest BCUT2D eigenvalue weighted by Gasteiger charge is -2.29. The molecule has 11 nitrogen and oxygen atoms in total. The van der Waals surface area contributed by atoms with Crippen LogP contribution in [-0.4, -0.2) is 51.5 Å². The molecule has 3 aliphatic heterocycles. The zero-order valence-electron chi connectivity index (χ0n) is 25.9. The summed E-state index contributed by atoms with van der Waals surface area (Å²) >= 11 is 0. The Morgan fingerprint density at radius 3 is 2.59 bits per heavy atom. The van der Waals surface area contributed by atoms with Crippen molar-refractivity contribution in [3.8, 4) is 16.9 Å². The van der Waals surface area contributed by atoms with Crippen LogP contribution >= 0.6 is 0 Å². The molecule has 11 heteroatoms. The number of aromatic nitrogens is 2. The van der Waals surface area contributed by atoms with Gasteiger partial charge in [-0.25, -0.2) is 4.98 Å². The fourth-order valence-corrected chi connectivity index (χ4v) is 6.82. The van der Waals surface area contributed by atoms with E-state index in [0.717, 1.165) is 33.5 Å². The van der Waals surface area contributed by atoms with E-state index in [9.17, 15) is 19.5 Å². The van der Waals surface area contributed by atoms with Crippen LogP contribution in [0.3, 0.4) is 0 Å². The maximum atomic E-state index is 13.8. The number of hydrogen-bond acceptors (Lipinski definition) is 9. The van der Waals surface area contributed by atoms with Crippen molar-refractivity contribution in [1.82, 2.24) is 20.6 Å². The van der Waals surface area contributed by atoms with Crippen LogP contribution in [0.25, 0.3) is 11.1 Å². The first-order valence-electron chi connectivity index (χ1n) is 15.5. The van der Waals surface area contributed by atoms with Crippen LogP contribution in [0.15, 0.2) is 65.3 Å². The highest BCUT2D eigenvalue weighted by atomic mass is 16.5. The third-order valence-corrected chi connectivity index (χ3v) is 9.21. The van der Waals surface area contributed by atoms with Crippen LogP contribution in [-0.2, 0) is 21.4 Å². The van der Waals surface area contributed by atoms with Gasteiger partial charge in [0.15, 0.2) is 18.3 Å². The number of carbonyl (C=O) groups is 3. The molecular weight excluding hydrogens is 586 g/mol. The zero-order valence-corrected chi connectivity index (χ0v) is 25.9. The SMILES string of the molecule is CC(C)[C@H](O)C(=O)N[C@H]1Cc2ccc3c(c2)C2(c4cccc(-c5ccncc5)c4NC2O3)c2oc(nc2C=O)[C@H](C(C)C)NC1=O. The Morgan fingerprint density at radius 1 is 1.09 bits per heavy atom. The summed E-state index contributed by atoms with van der Waals surface area (Å²) in [5, 5.41) is 19.8. The second-order valence-electron chi connectivity index (χ2n) is 12.8. The number of nitrogens with zero attached hydrogens (tertiary/aromatic N) is 2. The normalized spacial score (nSPS) is 23.3. The monoisotopic (exact) mass is 621 g/mol. The Labute approximate surface area is 265 Å². The fraction of sp³-hybridized carbons (Fsp3) is 0.343. The van der Waals surface area contributed by atoms with Crippen molar-refractivity contribution >= 4 is 23.8 Å². The van der Waals surface area contributed by atoms with Crippen LogP contribution in [0.1, 0.15) is 72.6 Å². The van der Waals surface area contributed by atoms with Crippen LogP contribution < -0.4 is 20.7 Å². The molecule has 5 heterocycles. The van der Waals surface area contributed by atoms with Gasteiger partial charge in [-0.15, -0.1) is 0 Å². The Balaban J connectivity index is 1.46.